The van der Waals surface area contributed by atoms with Crippen LogP contribution in [-0.2, 0) is 6.61 Å². The number of carbonyl (C=O) groups is 1. The Kier molecular flexibility index (Phi) is 5.27. The van der Waals surface area contributed by atoms with Crippen molar-refractivity contribution in [3.05, 3.63) is 81.8 Å². The van der Waals surface area contributed by atoms with Crippen molar-refractivity contribution in [2.45, 2.75) is 6.61 Å². The molecule has 0 heterocycles. The van der Waals surface area contributed by atoms with Crippen LogP contribution in [0.15, 0.2) is 60.7 Å². The van der Waals surface area contributed by atoms with Crippen molar-refractivity contribution in [1.29, 1.82) is 0 Å². The molecule has 0 radical (unpaired) electrons. The molecule has 0 saturated heterocycles. The summed E-state index contributed by atoms with van der Waals surface area (Å²) in [6, 6.07) is 17.5. The van der Waals surface area contributed by atoms with Crippen LogP contribution in [0.3, 0.4) is 0 Å². The predicted molar refractivity (Wildman–Crippen MR) is 99.7 cm³/mol. The fraction of sp³-hybridized carbons (Fsp3) is 0.0500. The van der Waals surface area contributed by atoms with Crippen LogP contribution in [0, 0.1) is 0 Å². The van der Waals surface area contributed by atoms with Gasteiger partial charge in [0.2, 0.25) is 0 Å². The van der Waals surface area contributed by atoms with E-state index in [1.165, 1.54) is 6.07 Å². The van der Waals surface area contributed by atoms with Crippen molar-refractivity contribution in [3.63, 3.8) is 0 Å². The van der Waals surface area contributed by atoms with Crippen molar-refractivity contribution in [2.75, 3.05) is 0 Å². The zero-order chi connectivity index (χ0) is 17.8. The summed E-state index contributed by atoms with van der Waals surface area (Å²) in [6.45, 7) is 0.336. The Morgan fingerprint density at radius 2 is 1.60 bits per heavy atom. The minimum absolute atomic E-state index is 0.0175. The second kappa shape index (κ2) is 7.60. The molecule has 0 bridgehead atoms. The van der Waals surface area contributed by atoms with Crippen molar-refractivity contribution >= 4 is 29.5 Å². The number of hydrogen-bond acceptors (Lipinski definition) is 3. The van der Waals surface area contributed by atoms with E-state index in [0.717, 1.165) is 23.0 Å². The van der Waals surface area contributed by atoms with Gasteiger partial charge in [0.15, 0.2) is 6.29 Å². The van der Waals surface area contributed by atoms with Gasteiger partial charge in [-0.1, -0.05) is 47.5 Å². The molecule has 0 saturated carbocycles. The van der Waals surface area contributed by atoms with Gasteiger partial charge in [-0.25, -0.2) is 0 Å². The predicted octanol–water partition coefficient (Wildman–Crippen LogP) is 5.76. The number of phenolic OH excluding ortho intramolecular Hbond substituents is 1. The maximum atomic E-state index is 11.4. The van der Waals surface area contributed by atoms with Crippen LogP contribution in [-0.4, -0.2) is 11.4 Å². The first-order chi connectivity index (χ1) is 12.1. The Labute approximate surface area is 155 Å². The van der Waals surface area contributed by atoms with E-state index in [1.54, 1.807) is 36.4 Å². The summed E-state index contributed by atoms with van der Waals surface area (Å²) in [6.07, 6.45) is 0.753. The van der Waals surface area contributed by atoms with Gasteiger partial charge in [0, 0.05) is 5.02 Å². The standard InChI is InChI=1S/C20H14Cl2O3/c21-17-5-1-13(2-6-17)12-25-20-8-4-14(9-16(20)11-23)15-3-7-19(24)18(22)10-15/h1-11,24H,12H2. The molecule has 0 atom stereocenters. The molecule has 3 aromatic rings. The normalized spacial score (nSPS) is 10.5. The van der Waals surface area contributed by atoms with E-state index >= 15 is 0 Å². The smallest absolute Gasteiger partial charge is 0.153 e. The van der Waals surface area contributed by atoms with E-state index in [9.17, 15) is 9.90 Å². The van der Waals surface area contributed by atoms with Crippen molar-refractivity contribution in [3.8, 4) is 22.6 Å². The van der Waals surface area contributed by atoms with Gasteiger partial charge >= 0.3 is 0 Å². The van der Waals surface area contributed by atoms with Gasteiger partial charge in [0.25, 0.3) is 0 Å². The fourth-order valence-corrected chi connectivity index (χ4v) is 2.69. The number of benzene rings is 3. The summed E-state index contributed by atoms with van der Waals surface area (Å²) in [7, 11) is 0. The monoisotopic (exact) mass is 372 g/mol. The molecule has 0 aliphatic rings. The third-order valence-corrected chi connectivity index (χ3v) is 4.28. The van der Waals surface area contributed by atoms with Crippen LogP contribution >= 0.6 is 23.2 Å². The molecule has 1 N–H and O–H groups in total. The van der Waals surface area contributed by atoms with Gasteiger partial charge in [-0.05, 0) is 53.1 Å². The first kappa shape index (κ1) is 17.3. The minimum Gasteiger partial charge on any atom is -0.506 e. The molecule has 3 nitrogen and oxygen atoms in total. The number of hydrogen-bond donors (Lipinski definition) is 1. The maximum absolute atomic E-state index is 11.4. The molecule has 0 unspecified atom stereocenters. The van der Waals surface area contributed by atoms with Gasteiger partial charge in [-0.2, -0.15) is 0 Å². The highest BCUT2D eigenvalue weighted by atomic mass is 35.5. The first-order valence-electron chi connectivity index (χ1n) is 7.52. The number of phenols is 1. The summed E-state index contributed by atoms with van der Waals surface area (Å²) >= 11 is 11.8. The van der Waals surface area contributed by atoms with Crippen LogP contribution in [0.4, 0.5) is 0 Å². The summed E-state index contributed by atoms with van der Waals surface area (Å²) in [5.74, 6) is 0.516. The number of aldehydes is 1. The van der Waals surface area contributed by atoms with Crippen LogP contribution < -0.4 is 4.74 Å². The van der Waals surface area contributed by atoms with Gasteiger partial charge in [-0.3, -0.25) is 4.79 Å². The second-order valence-corrected chi connectivity index (χ2v) is 6.30. The number of carbonyl (C=O) groups excluding carboxylic acids is 1. The largest absolute Gasteiger partial charge is 0.506 e. The lowest BCUT2D eigenvalue weighted by Crippen LogP contribution is -1.98. The third-order valence-electron chi connectivity index (χ3n) is 3.73. The Morgan fingerprint density at radius 1 is 0.920 bits per heavy atom. The number of rotatable bonds is 5. The highest BCUT2D eigenvalue weighted by Crippen LogP contribution is 2.31. The summed E-state index contributed by atoms with van der Waals surface area (Å²) in [5, 5.41) is 10.4. The third kappa shape index (κ3) is 4.13. The quantitative estimate of drug-likeness (QED) is 0.579. The molecule has 0 aromatic heterocycles. The van der Waals surface area contributed by atoms with E-state index in [2.05, 4.69) is 0 Å². The number of aromatic hydroxyl groups is 1. The Balaban J connectivity index is 1.82. The lowest BCUT2D eigenvalue weighted by molar-refractivity contribution is 0.111. The summed E-state index contributed by atoms with van der Waals surface area (Å²) < 4.78 is 5.75. The fourth-order valence-electron chi connectivity index (χ4n) is 2.38. The second-order valence-electron chi connectivity index (χ2n) is 5.45. The Morgan fingerprint density at radius 3 is 2.28 bits per heavy atom. The molecule has 25 heavy (non-hydrogen) atoms. The lowest BCUT2D eigenvalue weighted by atomic mass is 10.0. The van der Waals surface area contributed by atoms with Gasteiger partial charge in [0.1, 0.15) is 18.1 Å². The van der Waals surface area contributed by atoms with E-state index < -0.39 is 0 Å². The topological polar surface area (TPSA) is 46.5 Å². The summed E-state index contributed by atoms with van der Waals surface area (Å²) in [5.41, 5.74) is 3.00. The average molecular weight is 373 g/mol. The van der Waals surface area contributed by atoms with Crippen molar-refractivity contribution in [1.82, 2.24) is 0 Å². The molecule has 0 amide bonds. The highest BCUT2D eigenvalue weighted by Gasteiger charge is 2.08. The van der Waals surface area contributed by atoms with Gasteiger partial charge < -0.3 is 9.84 Å². The lowest BCUT2D eigenvalue weighted by Gasteiger charge is -2.11. The zero-order valence-electron chi connectivity index (χ0n) is 13.1. The molecule has 0 aliphatic heterocycles. The average Bonchev–Trinajstić information content (AvgIpc) is 2.63. The van der Waals surface area contributed by atoms with Crippen molar-refractivity contribution in [2.24, 2.45) is 0 Å². The first-order valence-corrected chi connectivity index (χ1v) is 8.28. The molecule has 0 fully saturated rings. The van der Waals surface area contributed by atoms with Crippen LogP contribution in [0.25, 0.3) is 11.1 Å². The van der Waals surface area contributed by atoms with Crippen LogP contribution in [0.1, 0.15) is 15.9 Å². The molecule has 126 valence electrons. The Bertz CT molecular complexity index is 905. The maximum Gasteiger partial charge on any atom is 0.153 e. The van der Waals surface area contributed by atoms with Crippen molar-refractivity contribution < 1.29 is 14.6 Å². The van der Waals surface area contributed by atoms with Gasteiger partial charge in [0.05, 0.1) is 10.6 Å². The SMILES string of the molecule is O=Cc1cc(-c2ccc(O)c(Cl)c2)ccc1OCc1ccc(Cl)cc1. The minimum atomic E-state index is 0.0175. The molecular formula is C20H14Cl2O3. The highest BCUT2D eigenvalue weighted by molar-refractivity contribution is 6.32. The molecule has 5 heteroatoms. The molecule has 0 aliphatic carbocycles. The number of halogens is 2. The molecular weight excluding hydrogens is 359 g/mol. The number of ether oxygens (including phenoxy) is 1. The van der Waals surface area contributed by atoms with E-state index in [1.807, 2.05) is 18.2 Å². The van der Waals surface area contributed by atoms with E-state index in [0.29, 0.717) is 22.9 Å². The molecule has 3 aromatic carbocycles. The Hall–Kier alpha value is -2.49. The van der Waals surface area contributed by atoms with E-state index in [-0.39, 0.29) is 10.8 Å². The van der Waals surface area contributed by atoms with Gasteiger partial charge in [-0.15, -0.1) is 0 Å². The molecule has 0 spiro atoms. The van der Waals surface area contributed by atoms with E-state index in [4.69, 9.17) is 27.9 Å². The molecule has 3 rings (SSSR count). The van der Waals surface area contributed by atoms with Crippen LogP contribution in [0.2, 0.25) is 10.0 Å². The summed E-state index contributed by atoms with van der Waals surface area (Å²) in [4.78, 5) is 11.4. The zero-order valence-corrected chi connectivity index (χ0v) is 14.6. The van der Waals surface area contributed by atoms with Crippen LogP contribution in [0.5, 0.6) is 11.5 Å².